The number of amides is 1. The van der Waals surface area contributed by atoms with Crippen molar-refractivity contribution < 1.29 is 32.0 Å². The number of nitrogens with one attached hydrogen (secondary N) is 1. The van der Waals surface area contributed by atoms with Gasteiger partial charge in [0.05, 0.1) is 12.7 Å². The van der Waals surface area contributed by atoms with Gasteiger partial charge in [0, 0.05) is 22.9 Å². The Bertz CT molecular complexity index is 1130. The van der Waals surface area contributed by atoms with Crippen LogP contribution in [0, 0.1) is 0 Å². The normalized spacial score (nSPS) is 11.8. The first-order valence-electron chi connectivity index (χ1n) is 8.55. The van der Waals surface area contributed by atoms with Crippen LogP contribution in [0.3, 0.4) is 0 Å². The van der Waals surface area contributed by atoms with Crippen molar-refractivity contribution in [1.82, 2.24) is 5.16 Å². The van der Waals surface area contributed by atoms with E-state index in [1.54, 1.807) is 12.1 Å². The minimum atomic E-state index is -4.56. The summed E-state index contributed by atoms with van der Waals surface area (Å²) in [7, 11) is 1.02. The summed E-state index contributed by atoms with van der Waals surface area (Å²) < 4.78 is 46.9. The summed E-state index contributed by atoms with van der Waals surface area (Å²) in [5, 5.41) is 6.10. The molecule has 11 heteroatoms. The topological polar surface area (TPSA) is 81.4 Å². The Labute approximate surface area is 183 Å². The fourth-order valence-electron chi connectivity index (χ4n) is 2.67. The minimum Gasteiger partial charge on any atom is -0.466 e. The molecule has 0 spiro atoms. The molecule has 1 amide bonds. The van der Waals surface area contributed by atoms with Gasteiger partial charge in [-0.25, -0.2) is 4.79 Å². The van der Waals surface area contributed by atoms with Gasteiger partial charge in [0.15, 0.2) is 5.76 Å². The second kappa shape index (κ2) is 8.60. The fraction of sp³-hybridized carbons (Fsp3) is 0.150. The van der Waals surface area contributed by atoms with Crippen LogP contribution in [0.15, 0.2) is 59.1 Å². The summed E-state index contributed by atoms with van der Waals surface area (Å²) in [6.07, 6.45) is -4.56. The molecule has 0 fully saturated rings. The largest absolute Gasteiger partial charge is 0.466 e. The average molecular weight is 473 g/mol. The van der Waals surface area contributed by atoms with E-state index < -0.39 is 27.9 Å². The molecule has 0 saturated heterocycles. The monoisotopic (exact) mass is 472 g/mol. The molecule has 0 atom stereocenters. The van der Waals surface area contributed by atoms with E-state index in [1.165, 1.54) is 36.4 Å². The molecule has 2 aromatic carbocycles. The van der Waals surface area contributed by atoms with Gasteiger partial charge in [0.1, 0.15) is 5.69 Å². The minimum absolute atomic E-state index is 0.0106. The summed E-state index contributed by atoms with van der Waals surface area (Å²) in [6.45, 7) is 0. The Balaban J connectivity index is 1.88. The molecule has 0 aliphatic heterocycles. The van der Waals surface area contributed by atoms with Crippen LogP contribution in [0.4, 0.5) is 18.9 Å². The molecule has 1 heterocycles. The number of rotatable bonds is 5. The summed E-state index contributed by atoms with van der Waals surface area (Å²) in [4.78, 5) is 23.7. The van der Waals surface area contributed by atoms with Crippen LogP contribution < -0.4 is 5.32 Å². The number of anilines is 1. The Morgan fingerprint density at radius 3 is 2.45 bits per heavy atom. The number of methoxy groups -OCH3 is 1. The van der Waals surface area contributed by atoms with Crippen LogP contribution in [0.1, 0.15) is 5.56 Å². The average Bonchev–Trinajstić information content (AvgIpc) is 3.23. The van der Waals surface area contributed by atoms with Crippen molar-refractivity contribution in [3.63, 3.8) is 0 Å². The van der Waals surface area contributed by atoms with Crippen molar-refractivity contribution in [3.8, 4) is 22.6 Å². The molecule has 0 bridgehead atoms. The summed E-state index contributed by atoms with van der Waals surface area (Å²) >= 11 is 11.5. The molecule has 0 saturated carbocycles. The highest BCUT2D eigenvalue weighted by atomic mass is 35.5. The second-order valence-corrected chi connectivity index (χ2v) is 7.55. The van der Waals surface area contributed by atoms with Crippen molar-refractivity contribution in [2.45, 2.75) is 10.5 Å². The van der Waals surface area contributed by atoms with Crippen molar-refractivity contribution in [2.75, 3.05) is 12.4 Å². The first-order chi connectivity index (χ1) is 14.5. The van der Waals surface area contributed by atoms with E-state index in [0.29, 0.717) is 5.56 Å². The lowest BCUT2D eigenvalue weighted by Gasteiger charge is -2.16. The van der Waals surface area contributed by atoms with Crippen LogP contribution in [0.2, 0.25) is 0 Å². The number of carbonyl (C=O) groups is 2. The first kappa shape index (κ1) is 22.6. The van der Waals surface area contributed by atoms with E-state index in [2.05, 4.69) is 15.2 Å². The zero-order valence-electron chi connectivity index (χ0n) is 15.7. The van der Waals surface area contributed by atoms with E-state index in [9.17, 15) is 22.8 Å². The molecule has 3 aromatic rings. The van der Waals surface area contributed by atoms with Gasteiger partial charge in [0.25, 0.3) is 10.2 Å². The van der Waals surface area contributed by atoms with Gasteiger partial charge >= 0.3 is 12.1 Å². The number of esters is 1. The van der Waals surface area contributed by atoms with E-state index in [0.717, 1.165) is 13.2 Å². The van der Waals surface area contributed by atoms with Crippen molar-refractivity contribution in [3.05, 3.63) is 60.2 Å². The number of ether oxygens (including phenoxy) is 1. The van der Waals surface area contributed by atoms with Crippen LogP contribution >= 0.6 is 23.2 Å². The lowest BCUT2D eigenvalue weighted by Crippen LogP contribution is -2.40. The van der Waals surface area contributed by atoms with E-state index in [-0.39, 0.29) is 22.7 Å². The molecule has 0 aliphatic rings. The molecule has 0 unspecified atom stereocenters. The standard InChI is InChI=1S/C20H13Cl2F3N2O4/c1-30-18(29)19(21,22)17(28)26-12-6-4-5-11(9-12)16-10-15(27-31-16)13-7-2-3-8-14(13)20(23,24)25/h2-10H,1H3,(H,26,28). The molecule has 31 heavy (non-hydrogen) atoms. The maximum atomic E-state index is 13.3. The van der Waals surface area contributed by atoms with E-state index in [4.69, 9.17) is 27.7 Å². The van der Waals surface area contributed by atoms with Gasteiger partial charge in [-0.2, -0.15) is 13.2 Å². The molecule has 3 rings (SSSR count). The number of hydrogen-bond acceptors (Lipinski definition) is 5. The zero-order chi connectivity index (χ0) is 22.8. The highest BCUT2D eigenvalue weighted by Crippen LogP contribution is 2.37. The Morgan fingerprint density at radius 2 is 1.77 bits per heavy atom. The smallest absolute Gasteiger partial charge is 0.417 e. The van der Waals surface area contributed by atoms with Crippen molar-refractivity contribution in [2.24, 2.45) is 0 Å². The number of aromatic nitrogens is 1. The quantitative estimate of drug-likeness (QED) is 0.309. The van der Waals surface area contributed by atoms with Crippen LogP contribution in [-0.2, 0) is 20.5 Å². The number of alkyl halides is 5. The van der Waals surface area contributed by atoms with Crippen molar-refractivity contribution in [1.29, 1.82) is 0 Å². The van der Waals surface area contributed by atoms with Gasteiger partial charge in [-0.3, -0.25) is 4.79 Å². The summed E-state index contributed by atoms with van der Waals surface area (Å²) in [5.74, 6) is -2.05. The maximum absolute atomic E-state index is 13.3. The maximum Gasteiger partial charge on any atom is 0.417 e. The molecule has 1 aromatic heterocycles. The Hall–Kier alpha value is -3.04. The van der Waals surface area contributed by atoms with Gasteiger partial charge < -0.3 is 14.6 Å². The van der Waals surface area contributed by atoms with Crippen LogP contribution in [0.5, 0.6) is 0 Å². The molecule has 1 N–H and O–H groups in total. The highest BCUT2D eigenvalue weighted by Gasteiger charge is 2.43. The Kier molecular flexibility index (Phi) is 6.28. The van der Waals surface area contributed by atoms with Crippen molar-refractivity contribution >= 4 is 40.8 Å². The Morgan fingerprint density at radius 1 is 1.06 bits per heavy atom. The SMILES string of the molecule is COC(=O)C(Cl)(Cl)C(=O)Nc1cccc(-c2cc(-c3ccccc3C(F)(F)F)no2)c1. The van der Waals surface area contributed by atoms with Gasteiger partial charge in [-0.05, 0) is 18.2 Å². The summed E-state index contributed by atoms with van der Waals surface area (Å²) in [5.41, 5.74) is -0.399. The number of carbonyl (C=O) groups excluding carboxylic acids is 2. The van der Waals surface area contributed by atoms with Crippen LogP contribution in [0.25, 0.3) is 22.6 Å². The fourth-order valence-corrected chi connectivity index (χ4v) is 2.92. The highest BCUT2D eigenvalue weighted by molar-refractivity contribution is 6.67. The van der Waals surface area contributed by atoms with E-state index in [1.807, 2.05) is 0 Å². The predicted molar refractivity (Wildman–Crippen MR) is 107 cm³/mol. The van der Waals surface area contributed by atoms with Gasteiger partial charge in [-0.1, -0.05) is 58.7 Å². The third-order valence-electron chi connectivity index (χ3n) is 4.15. The number of halogens is 5. The lowest BCUT2D eigenvalue weighted by molar-refractivity contribution is -0.144. The zero-order valence-corrected chi connectivity index (χ0v) is 17.2. The number of hydrogen-bond donors (Lipinski definition) is 1. The second-order valence-electron chi connectivity index (χ2n) is 6.22. The molecule has 0 radical (unpaired) electrons. The van der Waals surface area contributed by atoms with E-state index >= 15 is 0 Å². The molecular weight excluding hydrogens is 460 g/mol. The summed E-state index contributed by atoms with van der Waals surface area (Å²) in [6, 6.07) is 12.4. The lowest BCUT2D eigenvalue weighted by atomic mass is 10.0. The predicted octanol–water partition coefficient (Wildman–Crippen LogP) is 5.31. The van der Waals surface area contributed by atoms with Crippen LogP contribution in [-0.4, -0.2) is 28.5 Å². The third-order valence-corrected chi connectivity index (χ3v) is 4.80. The van der Waals surface area contributed by atoms with Gasteiger partial charge in [-0.15, -0.1) is 0 Å². The number of nitrogens with zero attached hydrogens (tertiary/aromatic N) is 1. The van der Waals surface area contributed by atoms with Gasteiger partial charge in [0.2, 0.25) is 0 Å². The molecule has 0 aliphatic carbocycles. The number of benzene rings is 2. The molecule has 162 valence electrons. The molecule has 6 nitrogen and oxygen atoms in total. The molecular formula is C20H13Cl2F3N2O4. The third kappa shape index (κ3) is 4.83. The first-order valence-corrected chi connectivity index (χ1v) is 9.31.